The molecule has 1 fully saturated rings. The number of imidazole rings is 1. The Bertz CT molecular complexity index is 1220. The summed E-state index contributed by atoms with van der Waals surface area (Å²) in [5.74, 6) is 0. The molecule has 0 saturated carbocycles. The molecule has 0 bridgehead atoms. The molecular formula is C24H23ClN4O. The second-order valence-corrected chi connectivity index (χ2v) is 8.35. The van der Waals surface area contributed by atoms with Gasteiger partial charge in [-0.3, -0.25) is 14.5 Å². The van der Waals surface area contributed by atoms with Gasteiger partial charge >= 0.3 is 5.69 Å². The lowest BCUT2D eigenvalue weighted by atomic mass is 10.0. The molecule has 2 aromatic carbocycles. The highest BCUT2D eigenvalue weighted by molar-refractivity contribution is 6.30. The first kappa shape index (κ1) is 19.1. The van der Waals surface area contributed by atoms with Crippen LogP contribution in [0.3, 0.4) is 0 Å². The minimum atomic E-state index is -0.00508. The summed E-state index contributed by atoms with van der Waals surface area (Å²) < 4.78 is 1.94. The van der Waals surface area contributed by atoms with Crippen molar-refractivity contribution in [1.29, 1.82) is 0 Å². The lowest BCUT2D eigenvalue weighted by Gasteiger charge is -2.32. The van der Waals surface area contributed by atoms with E-state index in [0.29, 0.717) is 0 Å². The first-order valence-corrected chi connectivity index (χ1v) is 10.7. The van der Waals surface area contributed by atoms with Crippen LogP contribution in [0.1, 0.15) is 24.4 Å². The molecule has 0 aliphatic carbocycles. The predicted molar refractivity (Wildman–Crippen MR) is 121 cm³/mol. The number of likely N-dealkylation sites (tertiary alicyclic amines) is 1. The van der Waals surface area contributed by atoms with Crippen molar-refractivity contribution in [3.8, 4) is 11.1 Å². The largest absolute Gasteiger partial charge is 0.326 e. The second kappa shape index (κ2) is 8.09. The number of aromatic amines is 1. The van der Waals surface area contributed by atoms with Crippen molar-refractivity contribution in [2.75, 3.05) is 13.1 Å². The van der Waals surface area contributed by atoms with Crippen LogP contribution in [0.5, 0.6) is 0 Å². The van der Waals surface area contributed by atoms with E-state index in [2.05, 4.69) is 20.9 Å². The maximum Gasteiger partial charge on any atom is 0.326 e. The molecule has 0 amide bonds. The van der Waals surface area contributed by atoms with E-state index >= 15 is 0 Å². The van der Waals surface area contributed by atoms with Crippen LogP contribution in [0.2, 0.25) is 5.02 Å². The topological polar surface area (TPSA) is 53.9 Å². The summed E-state index contributed by atoms with van der Waals surface area (Å²) in [5, 5.41) is 0.736. The molecule has 0 unspecified atom stereocenters. The molecule has 2 aromatic heterocycles. The van der Waals surface area contributed by atoms with Gasteiger partial charge in [0.05, 0.1) is 11.0 Å². The standard InChI is InChI=1S/C24H23ClN4O/c25-20-7-5-18(6-8-20)19-13-17(14-26-15-19)16-28-11-9-21(10-12-28)29-23-4-2-1-3-22(23)27-24(29)30/h1-8,13-15,21H,9-12,16H2,(H,27,30). The molecule has 0 radical (unpaired) electrons. The number of piperidine rings is 1. The van der Waals surface area contributed by atoms with E-state index in [1.165, 1.54) is 5.56 Å². The number of pyridine rings is 1. The first-order valence-electron chi connectivity index (χ1n) is 10.3. The van der Waals surface area contributed by atoms with Crippen molar-refractivity contribution in [1.82, 2.24) is 19.4 Å². The third-order valence-corrected chi connectivity index (χ3v) is 6.18. The lowest BCUT2D eigenvalue weighted by Crippen LogP contribution is -2.36. The van der Waals surface area contributed by atoms with Crippen LogP contribution in [-0.4, -0.2) is 32.5 Å². The number of nitrogens with one attached hydrogen (secondary N) is 1. The Kier molecular flexibility index (Phi) is 5.15. The molecule has 1 N–H and O–H groups in total. The third-order valence-electron chi connectivity index (χ3n) is 5.92. The Balaban J connectivity index is 1.27. The van der Waals surface area contributed by atoms with Crippen LogP contribution < -0.4 is 5.69 Å². The molecule has 0 atom stereocenters. The second-order valence-electron chi connectivity index (χ2n) is 7.91. The summed E-state index contributed by atoms with van der Waals surface area (Å²) in [5.41, 5.74) is 5.33. The minimum absolute atomic E-state index is 0.00508. The number of benzene rings is 2. The van der Waals surface area contributed by atoms with Crippen LogP contribution in [0.25, 0.3) is 22.2 Å². The van der Waals surface area contributed by atoms with Gasteiger partial charge in [0.15, 0.2) is 0 Å². The number of hydrogen-bond acceptors (Lipinski definition) is 3. The Morgan fingerprint density at radius 3 is 2.57 bits per heavy atom. The van der Waals surface area contributed by atoms with Gasteiger partial charge in [0, 0.05) is 48.7 Å². The van der Waals surface area contributed by atoms with Crippen LogP contribution in [0, 0.1) is 0 Å². The van der Waals surface area contributed by atoms with E-state index in [0.717, 1.165) is 59.7 Å². The van der Waals surface area contributed by atoms with Crippen molar-refractivity contribution in [3.05, 3.63) is 88.1 Å². The highest BCUT2D eigenvalue weighted by Crippen LogP contribution is 2.27. The lowest BCUT2D eigenvalue weighted by molar-refractivity contribution is 0.180. The summed E-state index contributed by atoms with van der Waals surface area (Å²) in [6, 6.07) is 18.2. The Morgan fingerprint density at radius 2 is 1.77 bits per heavy atom. The molecule has 1 aliphatic heterocycles. The van der Waals surface area contributed by atoms with Gasteiger partial charge < -0.3 is 4.98 Å². The van der Waals surface area contributed by atoms with Gasteiger partial charge in [0.25, 0.3) is 0 Å². The smallest absolute Gasteiger partial charge is 0.306 e. The molecule has 152 valence electrons. The SMILES string of the molecule is O=c1[nH]c2ccccc2n1C1CCN(Cc2cncc(-c3ccc(Cl)cc3)c2)CC1. The maximum absolute atomic E-state index is 12.5. The number of fused-ring (bicyclic) bond motifs is 1. The quantitative estimate of drug-likeness (QED) is 0.513. The van der Waals surface area contributed by atoms with Crippen molar-refractivity contribution >= 4 is 22.6 Å². The fourth-order valence-electron chi connectivity index (χ4n) is 4.40. The first-order chi connectivity index (χ1) is 14.7. The van der Waals surface area contributed by atoms with E-state index in [1.807, 2.05) is 65.5 Å². The van der Waals surface area contributed by atoms with Crippen LogP contribution in [-0.2, 0) is 6.54 Å². The normalized spacial score (nSPS) is 15.6. The van der Waals surface area contributed by atoms with Crippen molar-refractivity contribution in [3.63, 3.8) is 0 Å². The highest BCUT2D eigenvalue weighted by Gasteiger charge is 2.23. The van der Waals surface area contributed by atoms with E-state index in [4.69, 9.17) is 11.6 Å². The van der Waals surface area contributed by atoms with E-state index in [1.54, 1.807) is 0 Å². The van der Waals surface area contributed by atoms with Crippen molar-refractivity contribution < 1.29 is 0 Å². The van der Waals surface area contributed by atoms with Gasteiger partial charge in [-0.05, 0) is 54.3 Å². The number of H-pyrrole nitrogens is 1. The van der Waals surface area contributed by atoms with Gasteiger partial charge in [0.1, 0.15) is 0 Å². The molecule has 5 nitrogen and oxygen atoms in total. The van der Waals surface area contributed by atoms with Crippen molar-refractivity contribution in [2.24, 2.45) is 0 Å². The minimum Gasteiger partial charge on any atom is -0.306 e. The third kappa shape index (κ3) is 3.78. The fourth-order valence-corrected chi connectivity index (χ4v) is 4.53. The van der Waals surface area contributed by atoms with Gasteiger partial charge in [-0.1, -0.05) is 35.9 Å². The monoisotopic (exact) mass is 418 g/mol. The molecule has 6 heteroatoms. The number of hydrogen-bond donors (Lipinski definition) is 1. The van der Waals surface area contributed by atoms with Crippen LogP contribution in [0.4, 0.5) is 0 Å². The van der Waals surface area contributed by atoms with Gasteiger partial charge in [-0.2, -0.15) is 0 Å². The summed E-state index contributed by atoms with van der Waals surface area (Å²) in [4.78, 5) is 22.3. The van der Waals surface area contributed by atoms with Crippen LogP contribution >= 0.6 is 11.6 Å². The fraction of sp³-hybridized carbons (Fsp3) is 0.250. The van der Waals surface area contributed by atoms with Gasteiger partial charge in [-0.25, -0.2) is 4.79 Å². The molecule has 5 rings (SSSR count). The molecule has 3 heterocycles. The van der Waals surface area contributed by atoms with Crippen molar-refractivity contribution in [2.45, 2.75) is 25.4 Å². The molecule has 1 saturated heterocycles. The zero-order valence-electron chi connectivity index (χ0n) is 16.6. The maximum atomic E-state index is 12.5. The number of rotatable bonds is 4. The highest BCUT2D eigenvalue weighted by atomic mass is 35.5. The number of para-hydroxylation sites is 2. The van der Waals surface area contributed by atoms with Crippen LogP contribution in [0.15, 0.2) is 71.8 Å². The summed E-state index contributed by atoms with van der Waals surface area (Å²) >= 11 is 6.00. The Hall–Kier alpha value is -2.89. The van der Waals surface area contributed by atoms with E-state index in [9.17, 15) is 4.79 Å². The summed E-state index contributed by atoms with van der Waals surface area (Å²) in [7, 11) is 0. The molecule has 1 aliphatic rings. The molecular weight excluding hydrogens is 396 g/mol. The number of nitrogens with zero attached hydrogens (tertiary/aromatic N) is 3. The average Bonchev–Trinajstić information content (AvgIpc) is 3.11. The van der Waals surface area contributed by atoms with E-state index < -0.39 is 0 Å². The Morgan fingerprint density at radius 1 is 1.00 bits per heavy atom. The van der Waals surface area contributed by atoms with Gasteiger partial charge in [0.2, 0.25) is 0 Å². The predicted octanol–water partition coefficient (Wildman–Crippen LogP) is 4.88. The van der Waals surface area contributed by atoms with E-state index in [-0.39, 0.29) is 11.7 Å². The summed E-state index contributed by atoms with van der Waals surface area (Å²) in [6.45, 7) is 2.79. The average molecular weight is 419 g/mol. The summed E-state index contributed by atoms with van der Waals surface area (Å²) in [6.07, 6.45) is 5.76. The molecule has 30 heavy (non-hydrogen) atoms. The molecule has 4 aromatic rings. The number of aromatic nitrogens is 3. The zero-order valence-corrected chi connectivity index (χ0v) is 17.3. The van der Waals surface area contributed by atoms with Gasteiger partial charge in [-0.15, -0.1) is 0 Å². The Labute approximate surface area is 179 Å². The molecule has 0 spiro atoms. The zero-order chi connectivity index (χ0) is 20.5. The number of halogens is 1.